The van der Waals surface area contributed by atoms with E-state index in [0.29, 0.717) is 66.1 Å². The van der Waals surface area contributed by atoms with Gasteiger partial charge < -0.3 is 23.7 Å². The van der Waals surface area contributed by atoms with E-state index in [2.05, 4.69) is 24.3 Å². The van der Waals surface area contributed by atoms with Gasteiger partial charge in [-0.3, -0.25) is 0 Å². The third kappa shape index (κ3) is 7.87. The van der Waals surface area contributed by atoms with Gasteiger partial charge in [0, 0.05) is 0 Å². The zero-order chi connectivity index (χ0) is 15.3. The number of fused-ring (bicyclic) bond motifs is 1. The van der Waals surface area contributed by atoms with E-state index in [1.54, 1.807) is 0 Å². The third-order valence-corrected chi connectivity index (χ3v) is 3.24. The van der Waals surface area contributed by atoms with Crippen molar-refractivity contribution in [1.29, 1.82) is 0 Å². The summed E-state index contributed by atoms with van der Waals surface area (Å²) in [4.78, 5) is 0. The zero-order valence-electron chi connectivity index (χ0n) is 13.1. The molecule has 0 radical (unpaired) electrons. The minimum Gasteiger partial charge on any atom is -0.377 e. The molecule has 0 aromatic heterocycles. The predicted octanol–water partition coefficient (Wildman–Crippen LogP) is 1.90. The number of allylic oxidation sites excluding steroid dienone is 2. The molecule has 0 fully saturated rings. The molecule has 0 aromatic carbocycles. The highest BCUT2D eigenvalue weighted by Crippen LogP contribution is 2.12. The maximum Gasteiger partial charge on any atom is 0.0718 e. The van der Waals surface area contributed by atoms with Gasteiger partial charge >= 0.3 is 0 Å². The van der Waals surface area contributed by atoms with E-state index in [4.69, 9.17) is 23.7 Å². The maximum absolute atomic E-state index is 5.65. The summed E-state index contributed by atoms with van der Waals surface area (Å²) < 4.78 is 27.6. The van der Waals surface area contributed by atoms with E-state index < -0.39 is 0 Å². The average molecular weight is 310 g/mol. The van der Waals surface area contributed by atoms with Crippen LogP contribution < -0.4 is 0 Å². The minimum absolute atomic E-state index is 0.585. The van der Waals surface area contributed by atoms with Crippen LogP contribution in [0.25, 0.3) is 0 Å². The van der Waals surface area contributed by atoms with Crippen LogP contribution in [0.5, 0.6) is 0 Å². The normalized spacial score (nSPS) is 23.6. The Morgan fingerprint density at radius 1 is 0.591 bits per heavy atom. The van der Waals surface area contributed by atoms with Crippen LogP contribution in [-0.2, 0) is 23.7 Å². The van der Waals surface area contributed by atoms with Gasteiger partial charge in [0.15, 0.2) is 0 Å². The summed E-state index contributed by atoms with van der Waals surface area (Å²) in [6, 6.07) is 0. The molecule has 2 aliphatic rings. The van der Waals surface area contributed by atoms with E-state index in [1.165, 1.54) is 5.57 Å². The summed E-state index contributed by atoms with van der Waals surface area (Å²) in [5, 5.41) is 0. The predicted molar refractivity (Wildman–Crippen MR) is 84.0 cm³/mol. The number of hydrogen-bond donors (Lipinski definition) is 0. The molecule has 22 heavy (non-hydrogen) atoms. The van der Waals surface area contributed by atoms with Crippen LogP contribution in [-0.4, -0.2) is 66.1 Å². The fourth-order valence-corrected chi connectivity index (χ4v) is 2.13. The molecule has 2 rings (SSSR count). The highest BCUT2D eigenvalue weighted by atomic mass is 16.6. The minimum atomic E-state index is 0.585. The van der Waals surface area contributed by atoms with Crippen molar-refractivity contribution in [2.24, 2.45) is 0 Å². The van der Waals surface area contributed by atoms with E-state index in [9.17, 15) is 0 Å². The molecular weight excluding hydrogens is 284 g/mol. The number of rotatable bonds is 0. The van der Waals surface area contributed by atoms with Crippen molar-refractivity contribution in [1.82, 2.24) is 0 Å². The quantitative estimate of drug-likeness (QED) is 0.684. The van der Waals surface area contributed by atoms with Gasteiger partial charge in [0.1, 0.15) is 0 Å². The van der Waals surface area contributed by atoms with Crippen molar-refractivity contribution in [3.05, 3.63) is 35.5 Å². The average Bonchev–Trinajstić information content (AvgIpc) is 2.75. The van der Waals surface area contributed by atoms with Gasteiger partial charge in [-0.05, 0) is 17.6 Å². The molecule has 5 heteroatoms. The summed E-state index contributed by atoms with van der Waals surface area (Å²) >= 11 is 0. The van der Waals surface area contributed by atoms with Crippen molar-refractivity contribution in [3.63, 3.8) is 0 Å². The molecule has 124 valence electrons. The molecule has 0 atom stereocenters. The van der Waals surface area contributed by atoms with Crippen molar-refractivity contribution < 1.29 is 23.7 Å². The SMILES string of the molecule is C1=CC2=CC(=CC1)COCCOCCOCCOCCOC2. The van der Waals surface area contributed by atoms with Gasteiger partial charge in [0.05, 0.1) is 66.1 Å². The molecule has 0 saturated heterocycles. The second-order valence-corrected chi connectivity index (χ2v) is 5.08. The third-order valence-electron chi connectivity index (χ3n) is 3.24. The lowest BCUT2D eigenvalue weighted by Gasteiger charge is -2.10. The highest BCUT2D eigenvalue weighted by molar-refractivity contribution is 5.34. The Morgan fingerprint density at radius 2 is 1.09 bits per heavy atom. The lowest BCUT2D eigenvalue weighted by molar-refractivity contribution is -0.00840. The molecule has 2 bridgehead atoms. The summed E-state index contributed by atoms with van der Waals surface area (Å²) in [5.74, 6) is 0. The molecule has 1 aliphatic carbocycles. The lowest BCUT2D eigenvalue weighted by atomic mass is 10.2. The first-order chi connectivity index (χ1) is 10.9. The molecule has 0 saturated carbocycles. The highest BCUT2D eigenvalue weighted by Gasteiger charge is 2.02. The van der Waals surface area contributed by atoms with Crippen LogP contribution >= 0.6 is 0 Å². The Hall–Kier alpha value is -0.980. The Labute approximate surface area is 132 Å². The van der Waals surface area contributed by atoms with Gasteiger partial charge in [-0.15, -0.1) is 0 Å². The van der Waals surface area contributed by atoms with Crippen molar-refractivity contribution in [3.8, 4) is 0 Å². The smallest absolute Gasteiger partial charge is 0.0718 e. The summed E-state index contributed by atoms with van der Waals surface area (Å²) in [7, 11) is 0. The Bertz CT molecular complexity index is 387. The van der Waals surface area contributed by atoms with Crippen LogP contribution in [0.4, 0.5) is 0 Å². The molecule has 0 amide bonds. The first-order valence-corrected chi connectivity index (χ1v) is 7.90. The molecule has 0 aromatic rings. The Morgan fingerprint density at radius 3 is 1.68 bits per heavy atom. The van der Waals surface area contributed by atoms with Gasteiger partial charge in [0.2, 0.25) is 0 Å². The monoisotopic (exact) mass is 310 g/mol. The summed E-state index contributed by atoms with van der Waals surface area (Å²) in [6.45, 7) is 5.89. The van der Waals surface area contributed by atoms with Crippen LogP contribution in [0.3, 0.4) is 0 Å². The Kier molecular flexibility index (Phi) is 9.14. The van der Waals surface area contributed by atoms with Gasteiger partial charge in [0.25, 0.3) is 0 Å². The second kappa shape index (κ2) is 11.6. The molecular formula is C17H26O5. The Balaban J connectivity index is 1.80. The van der Waals surface area contributed by atoms with E-state index in [0.717, 1.165) is 12.0 Å². The fraction of sp³-hybridized carbons (Fsp3) is 0.647. The van der Waals surface area contributed by atoms with Crippen LogP contribution in [0.2, 0.25) is 0 Å². The van der Waals surface area contributed by atoms with E-state index >= 15 is 0 Å². The van der Waals surface area contributed by atoms with E-state index in [-0.39, 0.29) is 0 Å². The van der Waals surface area contributed by atoms with Gasteiger partial charge in [-0.1, -0.05) is 24.3 Å². The zero-order valence-corrected chi connectivity index (χ0v) is 13.1. The molecule has 0 N–H and O–H groups in total. The molecule has 5 nitrogen and oxygen atoms in total. The lowest BCUT2D eigenvalue weighted by Crippen LogP contribution is -2.14. The summed E-state index contributed by atoms with van der Waals surface area (Å²) in [6.07, 6.45) is 9.50. The molecule has 1 heterocycles. The van der Waals surface area contributed by atoms with Gasteiger partial charge in [-0.25, -0.2) is 0 Å². The first-order valence-electron chi connectivity index (χ1n) is 7.90. The number of ether oxygens (including phenoxy) is 5. The maximum atomic E-state index is 5.65. The molecule has 0 unspecified atom stereocenters. The van der Waals surface area contributed by atoms with Crippen molar-refractivity contribution in [2.75, 3.05) is 66.1 Å². The first kappa shape index (κ1) is 17.4. The number of hydrogen-bond acceptors (Lipinski definition) is 5. The van der Waals surface area contributed by atoms with Crippen LogP contribution in [0.1, 0.15) is 6.42 Å². The van der Waals surface area contributed by atoms with Crippen LogP contribution in [0, 0.1) is 0 Å². The van der Waals surface area contributed by atoms with Crippen molar-refractivity contribution in [2.45, 2.75) is 6.42 Å². The topological polar surface area (TPSA) is 46.2 Å². The van der Waals surface area contributed by atoms with Crippen LogP contribution in [0.15, 0.2) is 35.5 Å². The second-order valence-electron chi connectivity index (χ2n) is 5.08. The fourth-order valence-electron chi connectivity index (χ4n) is 2.13. The molecule has 1 aliphatic heterocycles. The largest absolute Gasteiger partial charge is 0.377 e. The van der Waals surface area contributed by atoms with Crippen molar-refractivity contribution >= 4 is 0 Å². The standard InChI is InChI=1S/C17H26O5/c1-2-4-17-13-16(3-1)14-21-11-9-19-7-5-18-6-8-20-10-12-22-15-17/h1,3-4,13H,2,5-12,14-15H2. The van der Waals surface area contributed by atoms with E-state index in [1.807, 2.05) is 0 Å². The van der Waals surface area contributed by atoms with Gasteiger partial charge in [-0.2, -0.15) is 0 Å². The molecule has 0 spiro atoms. The summed E-state index contributed by atoms with van der Waals surface area (Å²) in [5.41, 5.74) is 2.34.